The molecule has 2 aromatic carbocycles. The van der Waals surface area contributed by atoms with E-state index in [1.165, 1.54) is 0 Å². The monoisotopic (exact) mass is 274 g/mol. The maximum absolute atomic E-state index is 11.8. The molecular weight excluding hydrogens is 260 g/mol. The Bertz CT molecular complexity index is 570. The highest BCUT2D eigenvalue weighted by molar-refractivity contribution is 6.31. The van der Waals surface area contributed by atoms with E-state index < -0.39 is 0 Å². The van der Waals surface area contributed by atoms with Crippen molar-refractivity contribution < 1.29 is 4.79 Å². The summed E-state index contributed by atoms with van der Waals surface area (Å²) in [6, 6.07) is 14.9. The zero-order chi connectivity index (χ0) is 13.7. The number of benzene rings is 2. The summed E-state index contributed by atoms with van der Waals surface area (Å²) >= 11 is 6.00. The first-order chi connectivity index (χ1) is 9.16. The van der Waals surface area contributed by atoms with Gasteiger partial charge in [-0.2, -0.15) is 0 Å². The number of hydrogen-bond donors (Lipinski definition) is 2. The van der Waals surface area contributed by atoms with E-state index in [9.17, 15) is 4.79 Å². The molecule has 19 heavy (non-hydrogen) atoms. The molecule has 0 atom stereocenters. The molecule has 2 N–H and O–H groups in total. The molecule has 0 aliphatic heterocycles. The van der Waals surface area contributed by atoms with E-state index >= 15 is 0 Å². The van der Waals surface area contributed by atoms with Crippen LogP contribution in [0.3, 0.4) is 0 Å². The Hall–Kier alpha value is -2.00. The van der Waals surface area contributed by atoms with Crippen LogP contribution in [-0.4, -0.2) is 6.03 Å². The summed E-state index contributed by atoms with van der Waals surface area (Å²) in [5.41, 5.74) is 2.64. The topological polar surface area (TPSA) is 41.1 Å². The highest BCUT2D eigenvalue weighted by atomic mass is 35.5. The normalized spacial score (nSPS) is 10.0. The van der Waals surface area contributed by atoms with Crippen molar-refractivity contribution in [3.63, 3.8) is 0 Å². The quantitative estimate of drug-likeness (QED) is 0.874. The van der Waals surface area contributed by atoms with Gasteiger partial charge >= 0.3 is 6.03 Å². The summed E-state index contributed by atoms with van der Waals surface area (Å²) in [4.78, 5) is 11.8. The largest absolute Gasteiger partial charge is 0.334 e. The van der Waals surface area contributed by atoms with Crippen LogP contribution in [0.5, 0.6) is 0 Å². The third-order valence-corrected chi connectivity index (χ3v) is 3.22. The van der Waals surface area contributed by atoms with Gasteiger partial charge in [-0.05, 0) is 30.2 Å². The molecule has 98 valence electrons. The summed E-state index contributed by atoms with van der Waals surface area (Å²) in [6.45, 7) is 2.36. The lowest BCUT2D eigenvalue weighted by Gasteiger charge is -2.10. The van der Waals surface area contributed by atoms with Crippen molar-refractivity contribution in [1.82, 2.24) is 5.32 Å². The molecule has 0 heterocycles. The molecule has 0 unspecified atom stereocenters. The second-order valence-electron chi connectivity index (χ2n) is 4.21. The third-order valence-electron chi connectivity index (χ3n) is 2.81. The molecule has 0 bridgehead atoms. The molecule has 2 aromatic rings. The summed E-state index contributed by atoms with van der Waals surface area (Å²) in [6.07, 6.45) is 0. The SMILES string of the molecule is Cc1c(Cl)cccc1NC(=O)NCc1ccccc1. The fourth-order valence-corrected chi connectivity index (χ4v) is 1.86. The molecule has 0 saturated carbocycles. The van der Waals surface area contributed by atoms with E-state index in [0.29, 0.717) is 11.6 Å². The zero-order valence-corrected chi connectivity index (χ0v) is 11.4. The van der Waals surface area contributed by atoms with Crippen LogP contribution in [0, 0.1) is 6.92 Å². The summed E-state index contributed by atoms with van der Waals surface area (Å²) < 4.78 is 0. The number of amides is 2. The zero-order valence-electron chi connectivity index (χ0n) is 10.6. The summed E-state index contributed by atoms with van der Waals surface area (Å²) in [5.74, 6) is 0. The number of hydrogen-bond acceptors (Lipinski definition) is 1. The molecule has 0 fully saturated rings. The van der Waals surface area contributed by atoms with Crippen LogP contribution in [0.4, 0.5) is 10.5 Å². The minimum absolute atomic E-state index is 0.241. The second kappa shape index (κ2) is 6.25. The molecule has 4 heteroatoms. The van der Waals surface area contributed by atoms with Gasteiger partial charge in [-0.15, -0.1) is 0 Å². The van der Waals surface area contributed by atoms with E-state index in [2.05, 4.69) is 10.6 Å². The Morgan fingerprint density at radius 3 is 2.58 bits per heavy atom. The highest BCUT2D eigenvalue weighted by Crippen LogP contribution is 2.22. The highest BCUT2D eigenvalue weighted by Gasteiger charge is 2.05. The molecule has 0 radical (unpaired) electrons. The van der Waals surface area contributed by atoms with Crippen molar-refractivity contribution >= 4 is 23.3 Å². The average molecular weight is 275 g/mol. The van der Waals surface area contributed by atoms with Crippen LogP contribution in [-0.2, 0) is 6.54 Å². The van der Waals surface area contributed by atoms with Crippen molar-refractivity contribution in [3.05, 3.63) is 64.7 Å². The van der Waals surface area contributed by atoms with Crippen molar-refractivity contribution in [2.45, 2.75) is 13.5 Å². The second-order valence-corrected chi connectivity index (χ2v) is 4.61. The van der Waals surface area contributed by atoms with Crippen molar-refractivity contribution in [1.29, 1.82) is 0 Å². The smallest absolute Gasteiger partial charge is 0.319 e. The van der Waals surface area contributed by atoms with Gasteiger partial charge in [-0.1, -0.05) is 48.0 Å². The van der Waals surface area contributed by atoms with Gasteiger partial charge in [0.15, 0.2) is 0 Å². The van der Waals surface area contributed by atoms with Crippen molar-refractivity contribution in [2.75, 3.05) is 5.32 Å². The number of halogens is 1. The number of urea groups is 1. The van der Waals surface area contributed by atoms with E-state index in [-0.39, 0.29) is 6.03 Å². The predicted molar refractivity (Wildman–Crippen MR) is 78.5 cm³/mol. The number of nitrogens with one attached hydrogen (secondary N) is 2. The number of carbonyl (C=O) groups is 1. The minimum atomic E-state index is -0.241. The van der Waals surface area contributed by atoms with Crippen LogP contribution in [0.2, 0.25) is 5.02 Å². The van der Waals surface area contributed by atoms with Crippen LogP contribution in [0.1, 0.15) is 11.1 Å². The Kier molecular flexibility index (Phi) is 4.42. The third kappa shape index (κ3) is 3.73. The average Bonchev–Trinajstić information content (AvgIpc) is 2.43. The van der Waals surface area contributed by atoms with Gasteiger partial charge in [0.25, 0.3) is 0 Å². The van der Waals surface area contributed by atoms with Crippen LogP contribution in [0.15, 0.2) is 48.5 Å². The molecule has 2 amide bonds. The maximum atomic E-state index is 11.8. The molecule has 0 aromatic heterocycles. The lowest BCUT2D eigenvalue weighted by molar-refractivity contribution is 0.251. The summed E-state index contributed by atoms with van der Waals surface area (Å²) in [7, 11) is 0. The van der Waals surface area contributed by atoms with Crippen molar-refractivity contribution in [2.24, 2.45) is 0 Å². The lowest BCUT2D eigenvalue weighted by atomic mass is 10.2. The maximum Gasteiger partial charge on any atom is 0.319 e. The number of anilines is 1. The molecular formula is C15H15ClN2O. The standard InChI is InChI=1S/C15H15ClN2O/c1-11-13(16)8-5-9-14(11)18-15(19)17-10-12-6-3-2-4-7-12/h2-9H,10H2,1H3,(H2,17,18,19). The molecule has 0 aliphatic rings. The molecule has 3 nitrogen and oxygen atoms in total. The molecule has 0 saturated heterocycles. The van der Waals surface area contributed by atoms with Gasteiger partial charge in [-0.3, -0.25) is 0 Å². The van der Waals surface area contributed by atoms with Crippen LogP contribution < -0.4 is 10.6 Å². The van der Waals surface area contributed by atoms with Gasteiger partial charge in [0.1, 0.15) is 0 Å². The van der Waals surface area contributed by atoms with Gasteiger partial charge in [0.05, 0.1) is 0 Å². The lowest BCUT2D eigenvalue weighted by Crippen LogP contribution is -2.28. The van der Waals surface area contributed by atoms with Gasteiger partial charge in [-0.25, -0.2) is 4.79 Å². The first-order valence-corrected chi connectivity index (χ1v) is 6.38. The van der Waals surface area contributed by atoms with Crippen LogP contribution in [0.25, 0.3) is 0 Å². The van der Waals surface area contributed by atoms with E-state index in [1.54, 1.807) is 6.07 Å². The minimum Gasteiger partial charge on any atom is -0.334 e. The Labute approximate surface area is 117 Å². The fourth-order valence-electron chi connectivity index (χ4n) is 1.69. The molecule has 0 aliphatic carbocycles. The predicted octanol–water partition coefficient (Wildman–Crippen LogP) is 3.97. The number of rotatable bonds is 3. The number of carbonyl (C=O) groups excluding carboxylic acids is 1. The van der Waals surface area contributed by atoms with E-state index in [4.69, 9.17) is 11.6 Å². The molecule has 0 spiro atoms. The summed E-state index contributed by atoms with van der Waals surface area (Å²) in [5, 5.41) is 6.23. The Morgan fingerprint density at radius 1 is 1.11 bits per heavy atom. The van der Waals surface area contributed by atoms with E-state index in [1.807, 2.05) is 49.4 Å². The first kappa shape index (κ1) is 13.4. The Balaban J connectivity index is 1.93. The van der Waals surface area contributed by atoms with Gasteiger partial charge in [0, 0.05) is 17.3 Å². The van der Waals surface area contributed by atoms with E-state index in [0.717, 1.165) is 16.8 Å². The van der Waals surface area contributed by atoms with Gasteiger partial charge < -0.3 is 10.6 Å². The first-order valence-electron chi connectivity index (χ1n) is 6.00. The molecule has 2 rings (SSSR count). The van der Waals surface area contributed by atoms with Crippen LogP contribution >= 0.6 is 11.6 Å². The fraction of sp³-hybridized carbons (Fsp3) is 0.133. The van der Waals surface area contributed by atoms with Crippen molar-refractivity contribution in [3.8, 4) is 0 Å². The van der Waals surface area contributed by atoms with Gasteiger partial charge in [0.2, 0.25) is 0 Å². The Morgan fingerprint density at radius 2 is 1.84 bits per heavy atom.